The summed E-state index contributed by atoms with van der Waals surface area (Å²) in [5.41, 5.74) is 1.83. The number of carbonyl (C=O) groups is 1. The molecule has 0 aliphatic rings. The van der Waals surface area contributed by atoms with Gasteiger partial charge in [-0.15, -0.1) is 10.2 Å². The summed E-state index contributed by atoms with van der Waals surface area (Å²) in [5, 5.41) is 11.8. The van der Waals surface area contributed by atoms with Gasteiger partial charge in [0.05, 0.1) is 5.92 Å². The summed E-state index contributed by atoms with van der Waals surface area (Å²) < 4.78 is 1.87. The highest BCUT2D eigenvalue weighted by Crippen LogP contribution is 2.27. The number of hydrogen-bond donors (Lipinski definition) is 1. The molecule has 0 saturated heterocycles. The van der Waals surface area contributed by atoms with Crippen molar-refractivity contribution in [2.75, 3.05) is 5.32 Å². The molecule has 1 N–H and O–H groups in total. The molecule has 128 valence electrons. The van der Waals surface area contributed by atoms with E-state index in [4.69, 9.17) is 0 Å². The first-order valence-corrected chi connectivity index (χ1v) is 8.96. The lowest BCUT2D eigenvalue weighted by Crippen LogP contribution is -2.20. The van der Waals surface area contributed by atoms with Gasteiger partial charge >= 0.3 is 0 Å². The van der Waals surface area contributed by atoms with Gasteiger partial charge in [0.2, 0.25) is 5.91 Å². The van der Waals surface area contributed by atoms with E-state index < -0.39 is 0 Å². The van der Waals surface area contributed by atoms with E-state index in [-0.39, 0.29) is 11.8 Å². The lowest BCUT2D eigenvalue weighted by atomic mass is 9.95. The zero-order valence-corrected chi connectivity index (χ0v) is 15.0. The zero-order chi connectivity index (χ0) is 17.6. The maximum atomic E-state index is 12.6. The van der Waals surface area contributed by atoms with Crippen LogP contribution in [0.1, 0.15) is 24.8 Å². The second-order valence-corrected chi connectivity index (χ2v) is 6.75. The highest BCUT2D eigenvalue weighted by atomic mass is 32.2. The Hall–Kier alpha value is -2.60. The third kappa shape index (κ3) is 4.28. The third-order valence-electron chi connectivity index (χ3n) is 3.93. The van der Waals surface area contributed by atoms with E-state index in [1.165, 1.54) is 11.8 Å². The molecule has 0 fully saturated rings. The van der Waals surface area contributed by atoms with Gasteiger partial charge in [0, 0.05) is 17.6 Å². The number of nitrogens with one attached hydrogen (secondary N) is 1. The highest BCUT2D eigenvalue weighted by molar-refractivity contribution is 7.99. The van der Waals surface area contributed by atoms with Crippen LogP contribution in [0.4, 0.5) is 5.69 Å². The van der Waals surface area contributed by atoms with Crippen LogP contribution in [0.2, 0.25) is 0 Å². The molecule has 1 atom stereocenters. The van der Waals surface area contributed by atoms with Crippen LogP contribution in [0.15, 0.2) is 71.0 Å². The molecular weight excluding hydrogens is 332 g/mol. The van der Waals surface area contributed by atoms with Crippen molar-refractivity contribution in [3.8, 4) is 0 Å². The lowest BCUT2D eigenvalue weighted by molar-refractivity contribution is -0.117. The van der Waals surface area contributed by atoms with Crippen molar-refractivity contribution in [1.82, 2.24) is 14.8 Å². The number of benzene rings is 2. The van der Waals surface area contributed by atoms with Gasteiger partial charge in [-0.1, -0.05) is 37.3 Å². The maximum absolute atomic E-state index is 12.6. The number of hydrogen-bond acceptors (Lipinski definition) is 4. The number of nitrogens with zero attached hydrogens (tertiary/aromatic N) is 3. The van der Waals surface area contributed by atoms with Gasteiger partial charge in [-0.25, -0.2) is 0 Å². The number of carbonyl (C=O) groups excluding carboxylic acids is 1. The zero-order valence-electron chi connectivity index (χ0n) is 14.2. The van der Waals surface area contributed by atoms with Gasteiger partial charge in [-0.2, -0.15) is 0 Å². The second kappa shape index (κ2) is 7.98. The lowest BCUT2D eigenvalue weighted by Gasteiger charge is -2.15. The summed E-state index contributed by atoms with van der Waals surface area (Å²) in [7, 11) is 1.91. The van der Waals surface area contributed by atoms with Crippen molar-refractivity contribution in [2.24, 2.45) is 7.05 Å². The smallest absolute Gasteiger partial charge is 0.231 e. The Bertz CT molecular complexity index is 830. The van der Waals surface area contributed by atoms with E-state index in [0.717, 1.165) is 27.7 Å². The van der Waals surface area contributed by atoms with E-state index in [0.29, 0.717) is 0 Å². The summed E-state index contributed by atoms with van der Waals surface area (Å²) in [6.07, 6.45) is 2.43. The molecule has 6 heteroatoms. The van der Waals surface area contributed by atoms with Crippen LogP contribution in [0.5, 0.6) is 0 Å². The molecule has 2 aromatic carbocycles. The quantitative estimate of drug-likeness (QED) is 0.726. The number of aromatic nitrogens is 3. The Morgan fingerprint density at radius 2 is 1.88 bits per heavy atom. The molecule has 1 aromatic heterocycles. The molecule has 0 saturated carbocycles. The molecule has 3 aromatic rings. The summed E-state index contributed by atoms with van der Waals surface area (Å²) in [6, 6.07) is 17.6. The second-order valence-electron chi connectivity index (χ2n) is 5.71. The van der Waals surface area contributed by atoms with Gasteiger partial charge in [0.25, 0.3) is 0 Å². The van der Waals surface area contributed by atoms with Gasteiger partial charge in [0.15, 0.2) is 5.16 Å². The average Bonchev–Trinajstić information content (AvgIpc) is 3.03. The molecule has 1 unspecified atom stereocenters. The molecule has 3 rings (SSSR count). The Balaban J connectivity index is 1.66. The Morgan fingerprint density at radius 3 is 2.48 bits per heavy atom. The third-order valence-corrected chi connectivity index (χ3v) is 4.99. The Morgan fingerprint density at radius 1 is 1.16 bits per heavy atom. The topological polar surface area (TPSA) is 59.8 Å². The maximum Gasteiger partial charge on any atom is 0.231 e. The van der Waals surface area contributed by atoms with Crippen molar-refractivity contribution < 1.29 is 4.79 Å². The van der Waals surface area contributed by atoms with E-state index in [1.807, 2.05) is 73.1 Å². The fraction of sp³-hybridized carbons (Fsp3) is 0.211. The first-order valence-electron chi connectivity index (χ1n) is 8.15. The molecule has 1 heterocycles. The fourth-order valence-electron chi connectivity index (χ4n) is 2.56. The standard InChI is InChI=1S/C19H20N4OS/c1-3-17(14-7-5-4-6-8-14)18(24)21-15-9-11-16(12-10-15)25-19-22-20-13-23(19)2/h4-13,17H,3H2,1-2H3,(H,21,24). The molecule has 0 radical (unpaired) electrons. The molecule has 1 amide bonds. The molecule has 0 aliphatic carbocycles. The van der Waals surface area contributed by atoms with Crippen molar-refractivity contribution in [1.29, 1.82) is 0 Å². The van der Waals surface area contributed by atoms with Crippen LogP contribution >= 0.6 is 11.8 Å². The minimum absolute atomic E-state index is 0.0161. The normalized spacial score (nSPS) is 11.9. The van der Waals surface area contributed by atoms with E-state index in [2.05, 4.69) is 15.5 Å². The van der Waals surface area contributed by atoms with E-state index in [1.54, 1.807) is 6.33 Å². The monoisotopic (exact) mass is 352 g/mol. The number of rotatable bonds is 6. The number of anilines is 1. The summed E-state index contributed by atoms with van der Waals surface area (Å²) in [5.74, 6) is -0.128. The molecule has 5 nitrogen and oxygen atoms in total. The predicted molar refractivity (Wildman–Crippen MR) is 99.7 cm³/mol. The largest absolute Gasteiger partial charge is 0.326 e. The van der Waals surface area contributed by atoms with Crippen LogP contribution in [0.3, 0.4) is 0 Å². The van der Waals surface area contributed by atoms with E-state index in [9.17, 15) is 4.79 Å². The van der Waals surface area contributed by atoms with Crippen molar-refractivity contribution in [2.45, 2.75) is 29.3 Å². The predicted octanol–water partition coefficient (Wildman–Crippen LogP) is 4.10. The Kier molecular flexibility index (Phi) is 5.50. The molecule has 25 heavy (non-hydrogen) atoms. The molecular formula is C19H20N4OS. The SMILES string of the molecule is CCC(C(=O)Nc1ccc(Sc2nncn2C)cc1)c1ccccc1. The fourth-order valence-corrected chi connectivity index (χ4v) is 3.33. The van der Waals surface area contributed by atoms with Gasteiger partial charge in [-0.3, -0.25) is 4.79 Å². The van der Waals surface area contributed by atoms with Crippen LogP contribution in [-0.4, -0.2) is 20.7 Å². The first kappa shape index (κ1) is 17.2. The summed E-state index contributed by atoms with van der Waals surface area (Å²) in [4.78, 5) is 13.6. The minimum atomic E-state index is -0.145. The van der Waals surface area contributed by atoms with Crippen LogP contribution in [0, 0.1) is 0 Å². The van der Waals surface area contributed by atoms with Crippen molar-refractivity contribution >= 4 is 23.4 Å². The highest BCUT2D eigenvalue weighted by Gasteiger charge is 2.18. The van der Waals surface area contributed by atoms with E-state index >= 15 is 0 Å². The van der Waals surface area contributed by atoms with Gasteiger partial charge in [0.1, 0.15) is 6.33 Å². The van der Waals surface area contributed by atoms with Crippen molar-refractivity contribution in [3.63, 3.8) is 0 Å². The summed E-state index contributed by atoms with van der Waals surface area (Å²) >= 11 is 1.53. The molecule has 0 aliphatic heterocycles. The Labute approximate surface area is 151 Å². The minimum Gasteiger partial charge on any atom is -0.326 e. The average molecular weight is 352 g/mol. The van der Waals surface area contributed by atoms with Crippen LogP contribution < -0.4 is 5.32 Å². The molecule has 0 bridgehead atoms. The van der Waals surface area contributed by atoms with Gasteiger partial charge in [-0.05, 0) is 48.0 Å². The summed E-state index contributed by atoms with van der Waals surface area (Å²) in [6.45, 7) is 2.03. The van der Waals surface area contributed by atoms with Crippen LogP contribution in [0.25, 0.3) is 0 Å². The molecule has 0 spiro atoms. The van der Waals surface area contributed by atoms with Crippen LogP contribution in [-0.2, 0) is 11.8 Å². The number of aryl methyl sites for hydroxylation is 1. The number of amides is 1. The first-order chi connectivity index (χ1) is 12.2. The van der Waals surface area contributed by atoms with Crippen molar-refractivity contribution in [3.05, 3.63) is 66.5 Å². The van der Waals surface area contributed by atoms with Gasteiger partial charge < -0.3 is 9.88 Å².